The predicted molar refractivity (Wildman–Crippen MR) is 61.4 cm³/mol. The van der Waals surface area contributed by atoms with Crippen LogP contribution in [0.1, 0.15) is 0 Å². The second kappa shape index (κ2) is 4.50. The summed E-state index contributed by atoms with van der Waals surface area (Å²) in [6, 6.07) is 5.65. The van der Waals surface area contributed by atoms with Crippen molar-refractivity contribution in [3.8, 4) is 5.75 Å². The summed E-state index contributed by atoms with van der Waals surface area (Å²) in [6.07, 6.45) is 1.54. The van der Waals surface area contributed by atoms with Crippen LogP contribution in [0, 0.1) is 0 Å². The molecule has 15 heavy (non-hydrogen) atoms. The third-order valence-corrected chi connectivity index (χ3v) is 3.46. The van der Waals surface area contributed by atoms with Crippen LogP contribution < -0.4 is 10.5 Å². The zero-order chi connectivity index (χ0) is 10.7. The SMILES string of the molecule is COc1cc(Sc2ncns2)ccc1N. The minimum atomic E-state index is 0.638. The quantitative estimate of drug-likeness (QED) is 0.833. The van der Waals surface area contributed by atoms with Crippen LogP contribution in [-0.4, -0.2) is 16.5 Å². The molecule has 0 aliphatic rings. The molecule has 6 heteroatoms. The lowest BCUT2D eigenvalue weighted by molar-refractivity contribution is 0.416. The maximum atomic E-state index is 5.71. The molecule has 0 spiro atoms. The smallest absolute Gasteiger partial charge is 0.174 e. The van der Waals surface area contributed by atoms with Gasteiger partial charge in [0, 0.05) is 4.90 Å². The molecule has 0 fully saturated rings. The Hall–Kier alpha value is -1.27. The van der Waals surface area contributed by atoms with Crippen molar-refractivity contribution in [2.45, 2.75) is 9.24 Å². The number of hydrogen-bond donors (Lipinski definition) is 1. The number of aromatic nitrogens is 2. The summed E-state index contributed by atoms with van der Waals surface area (Å²) in [6.45, 7) is 0. The molecule has 0 atom stereocenters. The van der Waals surface area contributed by atoms with E-state index in [0.717, 1.165) is 9.24 Å². The molecule has 0 saturated carbocycles. The topological polar surface area (TPSA) is 61.0 Å². The zero-order valence-electron chi connectivity index (χ0n) is 8.01. The Labute approximate surface area is 95.7 Å². The Balaban J connectivity index is 2.22. The number of nitrogens with zero attached hydrogens (tertiary/aromatic N) is 2. The molecule has 0 bridgehead atoms. The fraction of sp³-hybridized carbons (Fsp3) is 0.111. The Kier molecular flexibility index (Phi) is 3.08. The lowest BCUT2D eigenvalue weighted by Gasteiger charge is -2.05. The first kappa shape index (κ1) is 10.3. The van der Waals surface area contributed by atoms with E-state index < -0.39 is 0 Å². The number of hydrogen-bond acceptors (Lipinski definition) is 6. The van der Waals surface area contributed by atoms with E-state index in [9.17, 15) is 0 Å². The third kappa shape index (κ3) is 2.40. The number of nitrogens with two attached hydrogens (primary N) is 1. The summed E-state index contributed by atoms with van der Waals surface area (Å²) in [7, 11) is 1.60. The predicted octanol–water partition coefficient (Wildman–Crippen LogP) is 2.28. The molecule has 0 aliphatic carbocycles. The molecule has 2 aromatic rings. The molecule has 78 valence electrons. The fourth-order valence-corrected chi connectivity index (χ4v) is 2.51. The van der Waals surface area contributed by atoms with Gasteiger partial charge in [0.05, 0.1) is 12.8 Å². The fourth-order valence-electron chi connectivity index (χ4n) is 1.06. The van der Waals surface area contributed by atoms with E-state index in [1.54, 1.807) is 25.2 Å². The number of nitrogen functional groups attached to an aromatic ring is 1. The summed E-state index contributed by atoms with van der Waals surface area (Å²) < 4.78 is 9.97. The highest BCUT2D eigenvalue weighted by Crippen LogP contribution is 2.32. The molecule has 0 saturated heterocycles. The second-order valence-corrected chi connectivity index (χ2v) is 4.81. The van der Waals surface area contributed by atoms with Gasteiger partial charge in [0.2, 0.25) is 0 Å². The van der Waals surface area contributed by atoms with Crippen molar-refractivity contribution in [2.75, 3.05) is 12.8 Å². The number of rotatable bonds is 3. The average Bonchev–Trinajstić information content (AvgIpc) is 2.73. The van der Waals surface area contributed by atoms with Gasteiger partial charge in [0.1, 0.15) is 12.1 Å². The zero-order valence-corrected chi connectivity index (χ0v) is 9.64. The molecule has 4 nitrogen and oxygen atoms in total. The maximum absolute atomic E-state index is 5.71. The van der Waals surface area contributed by atoms with Crippen LogP contribution in [0.15, 0.2) is 33.8 Å². The van der Waals surface area contributed by atoms with Crippen LogP contribution in [0.3, 0.4) is 0 Å². The number of anilines is 1. The van der Waals surface area contributed by atoms with Gasteiger partial charge in [0.15, 0.2) is 4.34 Å². The summed E-state index contributed by atoms with van der Waals surface area (Å²) >= 11 is 2.91. The molecule has 0 unspecified atom stereocenters. The molecular formula is C9H9N3OS2. The highest BCUT2D eigenvalue weighted by atomic mass is 32.2. The van der Waals surface area contributed by atoms with Gasteiger partial charge in [-0.1, -0.05) is 11.8 Å². The molecule has 0 radical (unpaired) electrons. The van der Waals surface area contributed by atoms with Crippen LogP contribution in [0.25, 0.3) is 0 Å². The Morgan fingerprint density at radius 1 is 1.47 bits per heavy atom. The van der Waals surface area contributed by atoms with Crippen molar-refractivity contribution in [3.63, 3.8) is 0 Å². The first-order valence-electron chi connectivity index (χ1n) is 4.17. The Morgan fingerprint density at radius 3 is 3.00 bits per heavy atom. The minimum absolute atomic E-state index is 0.638. The minimum Gasteiger partial charge on any atom is -0.495 e. The second-order valence-electron chi connectivity index (χ2n) is 2.71. The van der Waals surface area contributed by atoms with Gasteiger partial charge >= 0.3 is 0 Å². The van der Waals surface area contributed by atoms with E-state index in [1.165, 1.54) is 11.5 Å². The molecule has 1 heterocycles. The number of methoxy groups -OCH3 is 1. The Morgan fingerprint density at radius 2 is 2.33 bits per heavy atom. The number of benzene rings is 1. The van der Waals surface area contributed by atoms with Crippen LogP contribution in [0.4, 0.5) is 5.69 Å². The van der Waals surface area contributed by atoms with Crippen molar-refractivity contribution in [1.29, 1.82) is 0 Å². The van der Waals surface area contributed by atoms with Crippen molar-refractivity contribution in [1.82, 2.24) is 9.36 Å². The van der Waals surface area contributed by atoms with Crippen LogP contribution in [-0.2, 0) is 0 Å². The standard InChI is InChI=1S/C9H9N3OS2/c1-13-8-4-6(2-3-7(8)10)14-9-11-5-12-15-9/h2-5H,10H2,1H3. The van der Waals surface area contributed by atoms with Gasteiger partial charge in [-0.2, -0.15) is 4.37 Å². The van der Waals surface area contributed by atoms with Crippen LogP contribution >= 0.6 is 23.3 Å². The normalized spacial score (nSPS) is 10.2. The largest absolute Gasteiger partial charge is 0.495 e. The van der Waals surface area contributed by atoms with Gasteiger partial charge in [-0.3, -0.25) is 0 Å². The van der Waals surface area contributed by atoms with E-state index >= 15 is 0 Å². The first-order chi connectivity index (χ1) is 7.29. The highest BCUT2D eigenvalue weighted by Gasteiger charge is 2.04. The van der Waals surface area contributed by atoms with Gasteiger partial charge in [0.25, 0.3) is 0 Å². The summed E-state index contributed by atoms with van der Waals surface area (Å²) in [5.74, 6) is 0.685. The van der Waals surface area contributed by atoms with E-state index in [4.69, 9.17) is 10.5 Å². The Bertz CT molecular complexity index is 445. The lowest BCUT2D eigenvalue weighted by Crippen LogP contribution is -1.91. The molecule has 1 aromatic heterocycles. The highest BCUT2D eigenvalue weighted by molar-refractivity contribution is 8.01. The summed E-state index contributed by atoms with van der Waals surface area (Å²) in [5, 5.41) is 0. The van der Waals surface area contributed by atoms with Crippen LogP contribution in [0.2, 0.25) is 0 Å². The van der Waals surface area contributed by atoms with E-state index in [1.807, 2.05) is 18.2 Å². The molecule has 2 rings (SSSR count). The molecule has 0 amide bonds. The van der Waals surface area contributed by atoms with E-state index in [-0.39, 0.29) is 0 Å². The first-order valence-corrected chi connectivity index (χ1v) is 5.76. The lowest BCUT2D eigenvalue weighted by atomic mass is 10.3. The maximum Gasteiger partial charge on any atom is 0.174 e. The van der Waals surface area contributed by atoms with E-state index in [2.05, 4.69) is 9.36 Å². The molecule has 1 aromatic carbocycles. The monoisotopic (exact) mass is 239 g/mol. The van der Waals surface area contributed by atoms with Gasteiger partial charge < -0.3 is 10.5 Å². The summed E-state index contributed by atoms with van der Waals surface area (Å²) in [4.78, 5) is 5.13. The van der Waals surface area contributed by atoms with Crippen LogP contribution in [0.5, 0.6) is 5.75 Å². The molecular weight excluding hydrogens is 230 g/mol. The van der Waals surface area contributed by atoms with E-state index in [0.29, 0.717) is 11.4 Å². The van der Waals surface area contributed by atoms with Gasteiger partial charge in [-0.25, -0.2) is 4.98 Å². The number of ether oxygens (including phenoxy) is 1. The van der Waals surface area contributed by atoms with Crippen molar-refractivity contribution < 1.29 is 4.74 Å². The van der Waals surface area contributed by atoms with Gasteiger partial charge in [-0.15, -0.1) is 0 Å². The molecule has 0 aliphatic heterocycles. The molecule has 2 N–H and O–H groups in total. The van der Waals surface area contributed by atoms with Crippen molar-refractivity contribution in [2.24, 2.45) is 0 Å². The third-order valence-electron chi connectivity index (χ3n) is 1.75. The van der Waals surface area contributed by atoms with Gasteiger partial charge in [-0.05, 0) is 29.7 Å². The van der Waals surface area contributed by atoms with Crippen molar-refractivity contribution >= 4 is 29.0 Å². The summed E-state index contributed by atoms with van der Waals surface area (Å²) in [5.41, 5.74) is 6.35. The average molecular weight is 239 g/mol. The van der Waals surface area contributed by atoms with Crippen molar-refractivity contribution in [3.05, 3.63) is 24.5 Å².